The van der Waals surface area contributed by atoms with E-state index in [9.17, 15) is 20.0 Å². The van der Waals surface area contributed by atoms with Crippen molar-refractivity contribution in [3.8, 4) is 5.75 Å². The first-order chi connectivity index (χ1) is 11.0. The fraction of sp³-hybridized carbons (Fsp3) is 0.0625. The fourth-order valence-corrected chi connectivity index (χ4v) is 2.04. The molecule has 0 heterocycles. The van der Waals surface area contributed by atoms with Crippen LogP contribution in [0.1, 0.15) is 11.1 Å². The second kappa shape index (κ2) is 7.42. The Bertz CT molecular complexity index is 774. The van der Waals surface area contributed by atoms with Crippen molar-refractivity contribution in [1.82, 2.24) is 5.32 Å². The van der Waals surface area contributed by atoms with Crippen molar-refractivity contribution < 1.29 is 14.8 Å². The molecule has 1 amide bonds. The summed E-state index contributed by atoms with van der Waals surface area (Å²) in [6, 6.07) is 10.7. The molecule has 2 aromatic rings. The number of nitro groups is 1. The van der Waals surface area contributed by atoms with Gasteiger partial charge in [0.2, 0.25) is 5.91 Å². The average Bonchev–Trinajstić information content (AvgIpc) is 2.53. The number of phenols is 1. The van der Waals surface area contributed by atoms with Crippen molar-refractivity contribution in [2.24, 2.45) is 0 Å². The lowest BCUT2D eigenvalue weighted by Gasteiger charge is -2.05. The van der Waals surface area contributed by atoms with E-state index in [1.165, 1.54) is 24.3 Å². The zero-order chi connectivity index (χ0) is 16.8. The van der Waals surface area contributed by atoms with Gasteiger partial charge in [0.05, 0.1) is 4.92 Å². The van der Waals surface area contributed by atoms with Crippen molar-refractivity contribution >= 4 is 29.3 Å². The van der Waals surface area contributed by atoms with E-state index in [-0.39, 0.29) is 23.5 Å². The van der Waals surface area contributed by atoms with Crippen molar-refractivity contribution in [2.75, 3.05) is 0 Å². The van der Waals surface area contributed by atoms with Crippen LogP contribution in [0.5, 0.6) is 5.75 Å². The molecule has 0 radical (unpaired) electrons. The van der Waals surface area contributed by atoms with E-state index in [0.29, 0.717) is 10.6 Å². The molecule has 2 N–H and O–H groups in total. The van der Waals surface area contributed by atoms with Gasteiger partial charge in [-0.05, 0) is 23.8 Å². The maximum Gasteiger partial charge on any atom is 0.270 e. The van der Waals surface area contributed by atoms with E-state index in [1.54, 1.807) is 30.3 Å². The van der Waals surface area contributed by atoms with Gasteiger partial charge in [0.25, 0.3) is 5.69 Å². The van der Waals surface area contributed by atoms with Gasteiger partial charge in [0, 0.05) is 35.3 Å². The zero-order valence-corrected chi connectivity index (χ0v) is 12.7. The number of aromatic hydroxyl groups is 1. The first-order valence-electron chi connectivity index (χ1n) is 6.64. The van der Waals surface area contributed by atoms with Crippen LogP contribution in [0, 0.1) is 10.1 Å². The van der Waals surface area contributed by atoms with Crippen LogP contribution in [0.15, 0.2) is 48.5 Å². The van der Waals surface area contributed by atoms with Gasteiger partial charge in [-0.2, -0.15) is 0 Å². The summed E-state index contributed by atoms with van der Waals surface area (Å²) < 4.78 is 0. The molecular formula is C16H13ClN2O4. The SMILES string of the molecule is O=C(/C=C/c1ccccc1Cl)NCc1cc([N+](=O)[O-])ccc1O. The number of halogens is 1. The predicted octanol–water partition coefficient (Wildman–Crippen LogP) is 3.28. The molecule has 0 aliphatic heterocycles. The van der Waals surface area contributed by atoms with E-state index in [4.69, 9.17) is 11.6 Å². The van der Waals surface area contributed by atoms with Crippen LogP contribution >= 0.6 is 11.6 Å². The van der Waals surface area contributed by atoms with Crippen molar-refractivity contribution in [2.45, 2.75) is 6.54 Å². The maximum atomic E-state index is 11.8. The van der Waals surface area contributed by atoms with Crippen molar-refractivity contribution in [3.05, 3.63) is 74.8 Å². The van der Waals surface area contributed by atoms with Crippen LogP contribution in [0.25, 0.3) is 6.08 Å². The van der Waals surface area contributed by atoms with E-state index < -0.39 is 10.8 Å². The molecule has 118 valence electrons. The number of nitrogens with zero attached hydrogens (tertiary/aromatic N) is 1. The van der Waals surface area contributed by atoms with Crippen LogP contribution in [-0.4, -0.2) is 15.9 Å². The molecule has 0 spiro atoms. The van der Waals surface area contributed by atoms with Crippen LogP contribution in [0.2, 0.25) is 5.02 Å². The van der Waals surface area contributed by atoms with E-state index in [2.05, 4.69) is 5.32 Å². The Morgan fingerprint density at radius 1 is 1.30 bits per heavy atom. The highest BCUT2D eigenvalue weighted by Crippen LogP contribution is 2.22. The van der Waals surface area contributed by atoms with Gasteiger partial charge in [-0.15, -0.1) is 0 Å². The molecule has 2 aromatic carbocycles. The average molecular weight is 333 g/mol. The van der Waals surface area contributed by atoms with E-state index in [0.717, 1.165) is 0 Å². The van der Waals surface area contributed by atoms with Crippen LogP contribution in [0.3, 0.4) is 0 Å². The Balaban J connectivity index is 2.01. The maximum absolute atomic E-state index is 11.8. The minimum atomic E-state index is -0.567. The normalized spacial score (nSPS) is 10.7. The van der Waals surface area contributed by atoms with E-state index in [1.807, 2.05) is 0 Å². The Kier molecular flexibility index (Phi) is 5.32. The van der Waals surface area contributed by atoms with Crippen LogP contribution in [0.4, 0.5) is 5.69 Å². The number of nitro benzene ring substituents is 1. The third kappa shape index (κ3) is 4.55. The van der Waals surface area contributed by atoms with Gasteiger partial charge in [-0.3, -0.25) is 14.9 Å². The number of phenolic OH excluding ortho intramolecular Hbond substituents is 1. The Hall–Kier alpha value is -2.86. The lowest BCUT2D eigenvalue weighted by molar-refractivity contribution is -0.384. The van der Waals surface area contributed by atoms with Gasteiger partial charge in [-0.1, -0.05) is 29.8 Å². The number of nitrogens with one attached hydrogen (secondary N) is 1. The number of carbonyl (C=O) groups is 1. The van der Waals surface area contributed by atoms with Crippen molar-refractivity contribution in [3.63, 3.8) is 0 Å². The molecule has 2 rings (SSSR count). The number of rotatable bonds is 5. The standard InChI is InChI=1S/C16H13ClN2O4/c17-14-4-2-1-3-11(14)5-8-16(21)18-10-12-9-13(19(22)23)6-7-15(12)20/h1-9,20H,10H2,(H,18,21)/b8-5+. The van der Waals surface area contributed by atoms with Gasteiger partial charge in [0.15, 0.2) is 0 Å². The summed E-state index contributed by atoms with van der Waals surface area (Å²) in [6.45, 7) is -0.0286. The molecule has 0 saturated carbocycles. The summed E-state index contributed by atoms with van der Waals surface area (Å²) in [4.78, 5) is 21.9. The van der Waals surface area contributed by atoms with Gasteiger partial charge in [-0.25, -0.2) is 0 Å². The minimum absolute atomic E-state index is 0.0286. The molecule has 0 aliphatic rings. The molecule has 0 atom stereocenters. The Morgan fingerprint density at radius 3 is 2.74 bits per heavy atom. The minimum Gasteiger partial charge on any atom is -0.508 e. The summed E-state index contributed by atoms with van der Waals surface area (Å²) in [6.07, 6.45) is 2.86. The topological polar surface area (TPSA) is 92.5 Å². The largest absolute Gasteiger partial charge is 0.508 e. The molecule has 0 aromatic heterocycles. The third-order valence-corrected chi connectivity index (χ3v) is 3.39. The van der Waals surface area contributed by atoms with Gasteiger partial charge in [0.1, 0.15) is 5.75 Å². The number of hydrogen-bond acceptors (Lipinski definition) is 4. The summed E-state index contributed by atoms with van der Waals surface area (Å²) in [5, 5.41) is 23.4. The molecule has 6 nitrogen and oxygen atoms in total. The molecule has 0 bridgehead atoms. The molecule has 0 aliphatic carbocycles. The quantitative estimate of drug-likeness (QED) is 0.499. The first kappa shape index (κ1) is 16.5. The third-order valence-electron chi connectivity index (χ3n) is 3.05. The van der Waals surface area contributed by atoms with Crippen molar-refractivity contribution in [1.29, 1.82) is 0 Å². The van der Waals surface area contributed by atoms with Gasteiger partial charge < -0.3 is 10.4 Å². The van der Waals surface area contributed by atoms with Crippen LogP contribution < -0.4 is 5.32 Å². The highest BCUT2D eigenvalue weighted by atomic mass is 35.5. The number of hydrogen-bond donors (Lipinski definition) is 2. The monoisotopic (exact) mass is 332 g/mol. The number of carbonyl (C=O) groups excluding carboxylic acids is 1. The molecule has 23 heavy (non-hydrogen) atoms. The Morgan fingerprint density at radius 2 is 2.04 bits per heavy atom. The molecule has 0 unspecified atom stereocenters. The lowest BCUT2D eigenvalue weighted by atomic mass is 10.1. The molecule has 0 saturated heterocycles. The molecule has 0 fully saturated rings. The lowest BCUT2D eigenvalue weighted by Crippen LogP contribution is -2.20. The van der Waals surface area contributed by atoms with E-state index >= 15 is 0 Å². The summed E-state index contributed by atoms with van der Waals surface area (Å²) in [5.41, 5.74) is 0.805. The molecule has 7 heteroatoms. The summed E-state index contributed by atoms with van der Waals surface area (Å²) >= 11 is 5.97. The molecular weight excluding hydrogens is 320 g/mol. The number of non-ortho nitro benzene ring substituents is 1. The number of benzene rings is 2. The fourth-order valence-electron chi connectivity index (χ4n) is 1.84. The Labute approximate surface area is 137 Å². The number of amides is 1. The second-order valence-electron chi connectivity index (χ2n) is 4.64. The van der Waals surface area contributed by atoms with Crippen LogP contribution in [-0.2, 0) is 11.3 Å². The first-order valence-corrected chi connectivity index (χ1v) is 7.02. The highest BCUT2D eigenvalue weighted by Gasteiger charge is 2.10. The predicted molar refractivity (Wildman–Crippen MR) is 87.1 cm³/mol. The smallest absolute Gasteiger partial charge is 0.270 e. The summed E-state index contributed by atoms with van der Waals surface area (Å²) in [7, 11) is 0. The zero-order valence-electron chi connectivity index (χ0n) is 11.9. The second-order valence-corrected chi connectivity index (χ2v) is 5.05. The van der Waals surface area contributed by atoms with Gasteiger partial charge >= 0.3 is 0 Å². The highest BCUT2D eigenvalue weighted by molar-refractivity contribution is 6.32. The summed E-state index contributed by atoms with van der Waals surface area (Å²) in [5.74, 6) is -0.526.